The molecule has 3 rings (SSSR count). The molecule has 7 nitrogen and oxygen atoms in total. The molecule has 1 heterocycles. The van der Waals surface area contributed by atoms with Gasteiger partial charge in [-0.1, -0.05) is 0 Å². The van der Waals surface area contributed by atoms with Crippen molar-refractivity contribution in [2.75, 3.05) is 7.11 Å². The van der Waals surface area contributed by atoms with E-state index in [2.05, 4.69) is 0 Å². The molecule has 0 bridgehead atoms. The maximum Gasteiger partial charge on any atom is 0.235 e. The van der Waals surface area contributed by atoms with E-state index >= 15 is 0 Å². The summed E-state index contributed by atoms with van der Waals surface area (Å²) in [6.07, 6.45) is 0. The predicted octanol–water partition coefficient (Wildman–Crippen LogP) is 2.29. The number of benzene rings is 2. The Labute approximate surface area is 129 Å². The topological polar surface area (TPSA) is 120 Å². The first-order valence-corrected chi connectivity index (χ1v) is 6.52. The summed E-state index contributed by atoms with van der Waals surface area (Å²) < 4.78 is 10.6. The molecule has 0 atom stereocenters. The highest BCUT2D eigenvalue weighted by Crippen LogP contribution is 2.39. The summed E-state index contributed by atoms with van der Waals surface area (Å²) in [5, 5.41) is 38.8. The lowest BCUT2D eigenvalue weighted by molar-refractivity contribution is 0.369. The molecule has 118 valence electrons. The first-order chi connectivity index (χ1) is 10.9. The third kappa shape index (κ3) is 2.18. The normalized spacial score (nSPS) is 10.8. The number of phenolic OH excluding ortho intramolecular Hbond substituents is 3. The molecule has 0 aliphatic heterocycles. The van der Waals surface area contributed by atoms with E-state index in [-0.39, 0.29) is 39.5 Å². The Kier molecular flexibility index (Phi) is 3.25. The molecule has 23 heavy (non-hydrogen) atoms. The Hall–Kier alpha value is -3.35. The molecule has 0 spiro atoms. The molecule has 7 heteroatoms. The Morgan fingerprint density at radius 3 is 2.30 bits per heavy atom. The van der Waals surface area contributed by atoms with Crippen molar-refractivity contribution in [1.29, 1.82) is 0 Å². The van der Waals surface area contributed by atoms with Gasteiger partial charge in [-0.05, 0) is 30.3 Å². The van der Waals surface area contributed by atoms with Crippen LogP contribution in [0.3, 0.4) is 0 Å². The molecule has 0 aliphatic carbocycles. The van der Waals surface area contributed by atoms with E-state index in [1.165, 1.54) is 31.4 Å². The first-order valence-electron chi connectivity index (χ1n) is 6.52. The van der Waals surface area contributed by atoms with Gasteiger partial charge < -0.3 is 29.6 Å². The van der Waals surface area contributed by atoms with Crippen LogP contribution in [0.25, 0.3) is 22.3 Å². The van der Waals surface area contributed by atoms with Crippen LogP contribution in [-0.2, 0) is 0 Å². The van der Waals surface area contributed by atoms with Crippen LogP contribution >= 0.6 is 0 Å². The minimum absolute atomic E-state index is 0.0314. The second kappa shape index (κ2) is 5.13. The van der Waals surface area contributed by atoms with Crippen molar-refractivity contribution in [1.82, 2.24) is 0 Å². The number of fused-ring (bicyclic) bond motifs is 1. The number of phenols is 3. The van der Waals surface area contributed by atoms with Crippen LogP contribution in [0.15, 0.2) is 39.5 Å². The highest BCUT2D eigenvalue weighted by molar-refractivity contribution is 5.88. The van der Waals surface area contributed by atoms with Crippen molar-refractivity contribution in [3.8, 4) is 40.1 Å². The maximum absolute atomic E-state index is 12.3. The third-order valence-corrected chi connectivity index (χ3v) is 3.41. The quantitative estimate of drug-likeness (QED) is 0.535. The molecule has 0 saturated carbocycles. The zero-order valence-corrected chi connectivity index (χ0v) is 11.9. The van der Waals surface area contributed by atoms with Gasteiger partial charge in [0.25, 0.3) is 0 Å². The summed E-state index contributed by atoms with van der Waals surface area (Å²) >= 11 is 0. The van der Waals surface area contributed by atoms with Gasteiger partial charge in [0.2, 0.25) is 16.9 Å². The summed E-state index contributed by atoms with van der Waals surface area (Å²) in [5.74, 6) is -1.95. The standard InChI is InChI=1S/C16H12O7/c1-22-16-10(18)5-3-8-12(20)13(21)14(23-15(8)16)7-2-4-9(17)11(19)6-7/h2-6,17-19,21H,1H3. The van der Waals surface area contributed by atoms with E-state index in [1.54, 1.807) is 0 Å². The van der Waals surface area contributed by atoms with Gasteiger partial charge in [0, 0.05) is 5.56 Å². The SMILES string of the molecule is COc1c(O)ccc2c(=O)c(O)c(-c3ccc(O)c(O)c3)oc12. The van der Waals surface area contributed by atoms with E-state index in [0.29, 0.717) is 0 Å². The Bertz CT molecular complexity index is 972. The van der Waals surface area contributed by atoms with Crippen LogP contribution in [0.1, 0.15) is 0 Å². The van der Waals surface area contributed by atoms with E-state index in [9.17, 15) is 25.2 Å². The Balaban J connectivity index is 2.40. The Morgan fingerprint density at radius 2 is 1.65 bits per heavy atom. The Morgan fingerprint density at radius 1 is 0.957 bits per heavy atom. The molecular formula is C16H12O7. The van der Waals surface area contributed by atoms with Gasteiger partial charge in [-0.3, -0.25) is 4.79 Å². The number of hydrogen-bond donors (Lipinski definition) is 4. The maximum atomic E-state index is 12.3. The molecule has 3 aromatic rings. The highest BCUT2D eigenvalue weighted by atomic mass is 16.5. The molecular weight excluding hydrogens is 304 g/mol. The van der Waals surface area contributed by atoms with E-state index < -0.39 is 16.9 Å². The van der Waals surface area contributed by atoms with Crippen molar-refractivity contribution in [2.45, 2.75) is 0 Å². The van der Waals surface area contributed by atoms with Gasteiger partial charge >= 0.3 is 0 Å². The van der Waals surface area contributed by atoms with Crippen molar-refractivity contribution >= 4 is 11.0 Å². The van der Waals surface area contributed by atoms with Crippen LogP contribution in [0, 0.1) is 0 Å². The van der Waals surface area contributed by atoms with Gasteiger partial charge in [0.15, 0.2) is 28.6 Å². The summed E-state index contributed by atoms with van der Waals surface area (Å²) in [7, 11) is 1.30. The number of hydrogen-bond acceptors (Lipinski definition) is 7. The number of ether oxygens (including phenoxy) is 1. The predicted molar refractivity (Wildman–Crippen MR) is 81.1 cm³/mol. The molecule has 0 unspecified atom stereocenters. The minimum atomic E-state index is -0.716. The minimum Gasteiger partial charge on any atom is -0.504 e. The van der Waals surface area contributed by atoms with E-state index in [1.807, 2.05) is 0 Å². The molecule has 1 aromatic heterocycles. The van der Waals surface area contributed by atoms with E-state index in [4.69, 9.17) is 9.15 Å². The van der Waals surface area contributed by atoms with Gasteiger partial charge in [-0.25, -0.2) is 0 Å². The lowest BCUT2D eigenvalue weighted by atomic mass is 10.1. The fourth-order valence-electron chi connectivity index (χ4n) is 2.27. The fraction of sp³-hybridized carbons (Fsp3) is 0.0625. The zero-order chi connectivity index (χ0) is 16.7. The molecule has 0 amide bonds. The molecule has 0 radical (unpaired) electrons. The highest BCUT2D eigenvalue weighted by Gasteiger charge is 2.20. The summed E-state index contributed by atoms with van der Waals surface area (Å²) in [6, 6.07) is 6.23. The molecule has 0 fully saturated rings. The van der Waals surface area contributed by atoms with Gasteiger partial charge in [-0.15, -0.1) is 0 Å². The molecule has 0 aliphatic rings. The second-order valence-electron chi connectivity index (χ2n) is 4.81. The average Bonchev–Trinajstić information content (AvgIpc) is 2.53. The van der Waals surface area contributed by atoms with Crippen LogP contribution in [0.5, 0.6) is 28.7 Å². The number of methoxy groups -OCH3 is 1. The fourth-order valence-corrected chi connectivity index (χ4v) is 2.27. The number of aromatic hydroxyl groups is 4. The van der Waals surface area contributed by atoms with Crippen LogP contribution in [0.2, 0.25) is 0 Å². The van der Waals surface area contributed by atoms with Crippen LogP contribution < -0.4 is 10.2 Å². The largest absolute Gasteiger partial charge is 0.504 e. The van der Waals surface area contributed by atoms with Crippen molar-refractivity contribution in [3.63, 3.8) is 0 Å². The van der Waals surface area contributed by atoms with E-state index in [0.717, 1.165) is 6.07 Å². The summed E-state index contributed by atoms with van der Waals surface area (Å²) in [4.78, 5) is 12.3. The monoisotopic (exact) mass is 316 g/mol. The first kappa shape index (κ1) is 14.6. The molecule has 4 N–H and O–H groups in total. The smallest absolute Gasteiger partial charge is 0.235 e. The van der Waals surface area contributed by atoms with Crippen LogP contribution in [-0.4, -0.2) is 27.5 Å². The number of rotatable bonds is 2. The van der Waals surface area contributed by atoms with Gasteiger partial charge in [0.05, 0.1) is 12.5 Å². The lowest BCUT2D eigenvalue weighted by Crippen LogP contribution is -2.03. The lowest BCUT2D eigenvalue weighted by Gasteiger charge is -2.10. The second-order valence-corrected chi connectivity index (χ2v) is 4.81. The van der Waals surface area contributed by atoms with Crippen molar-refractivity contribution in [3.05, 3.63) is 40.6 Å². The van der Waals surface area contributed by atoms with Gasteiger partial charge in [0.1, 0.15) is 0 Å². The van der Waals surface area contributed by atoms with Crippen LogP contribution in [0.4, 0.5) is 0 Å². The van der Waals surface area contributed by atoms with Gasteiger partial charge in [-0.2, -0.15) is 0 Å². The van der Waals surface area contributed by atoms with Crippen molar-refractivity contribution < 1.29 is 29.6 Å². The third-order valence-electron chi connectivity index (χ3n) is 3.41. The summed E-state index contributed by atoms with van der Waals surface area (Å²) in [5.41, 5.74) is -0.591. The summed E-state index contributed by atoms with van der Waals surface area (Å²) in [6.45, 7) is 0. The molecule has 2 aromatic carbocycles. The zero-order valence-electron chi connectivity index (χ0n) is 11.9. The van der Waals surface area contributed by atoms with Crippen molar-refractivity contribution in [2.24, 2.45) is 0 Å². The average molecular weight is 316 g/mol. The molecule has 0 saturated heterocycles.